The Morgan fingerprint density at radius 2 is 2.18 bits per heavy atom. The largest absolute Gasteiger partial charge is 0.260 e. The van der Waals surface area contributed by atoms with Crippen LogP contribution in [-0.4, -0.2) is 6.21 Å². The topological polar surface area (TPSA) is 12.4 Å². The minimum absolute atomic E-state index is 0.505. The molecular formula is C10H11N. The fraction of sp³-hybridized carbons (Fsp3) is 0.300. The maximum atomic E-state index is 4.30. The van der Waals surface area contributed by atoms with Gasteiger partial charge in [0.15, 0.2) is 0 Å². The van der Waals surface area contributed by atoms with Crippen LogP contribution in [0.15, 0.2) is 23.2 Å². The Labute approximate surface area is 66.8 Å². The Balaban J connectivity index is 2.58. The van der Waals surface area contributed by atoms with Crippen LogP contribution in [0.25, 0.3) is 0 Å². The van der Waals surface area contributed by atoms with Crippen molar-refractivity contribution in [2.75, 3.05) is 0 Å². The van der Waals surface area contributed by atoms with E-state index in [0.717, 1.165) is 5.69 Å². The van der Waals surface area contributed by atoms with E-state index < -0.39 is 0 Å². The van der Waals surface area contributed by atoms with E-state index in [1.807, 2.05) is 6.21 Å². The highest BCUT2D eigenvalue weighted by atomic mass is 14.8. The summed E-state index contributed by atoms with van der Waals surface area (Å²) in [6.07, 6.45) is 2.00. The second-order valence-electron chi connectivity index (χ2n) is 3.13. The van der Waals surface area contributed by atoms with E-state index in [0.29, 0.717) is 5.92 Å². The van der Waals surface area contributed by atoms with Gasteiger partial charge in [0.2, 0.25) is 0 Å². The van der Waals surface area contributed by atoms with Crippen LogP contribution in [0, 0.1) is 6.92 Å². The van der Waals surface area contributed by atoms with Gasteiger partial charge in [-0.1, -0.05) is 24.6 Å². The molecule has 0 amide bonds. The first-order chi connectivity index (χ1) is 5.27. The Kier molecular flexibility index (Phi) is 1.31. The Hall–Kier alpha value is -1.11. The lowest BCUT2D eigenvalue weighted by atomic mass is 10.0. The van der Waals surface area contributed by atoms with Crippen molar-refractivity contribution in [3.05, 3.63) is 29.3 Å². The van der Waals surface area contributed by atoms with E-state index in [1.165, 1.54) is 11.1 Å². The summed E-state index contributed by atoms with van der Waals surface area (Å²) in [7, 11) is 0. The molecule has 0 N–H and O–H groups in total. The van der Waals surface area contributed by atoms with Gasteiger partial charge in [-0.15, -0.1) is 0 Å². The summed E-state index contributed by atoms with van der Waals surface area (Å²) in [5, 5.41) is 0. The van der Waals surface area contributed by atoms with E-state index >= 15 is 0 Å². The first-order valence-corrected chi connectivity index (χ1v) is 3.92. The maximum Gasteiger partial charge on any atom is 0.0664 e. The first-order valence-electron chi connectivity index (χ1n) is 3.92. The molecule has 1 aliphatic heterocycles. The quantitative estimate of drug-likeness (QED) is 0.532. The molecule has 1 atom stereocenters. The zero-order chi connectivity index (χ0) is 7.84. The molecule has 11 heavy (non-hydrogen) atoms. The summed E-state index contributed by atoms with van der Waals surface area (Å²) in [5.41, 5.74) is 3.83. The molecule has 1 nitrogen and oxygen atoms in total. The fourth-order valence-electron chi connectivity index (χ4n) is 1.43. The zero-order valence-electron chi connectivity index (χ0n) is 6.83. The SMILES string of the molecule is Cc1ccc2c(c1)C(C)C=N2. The Bertz CT molecular complexity index is 313. The average Bonchev–Trinajstić information content (AvgIpc) is 2.33. The smallest absolute Gasteiger partial charge is 0.0664 e. The van der Waals surface area contributed by atoms with Crippen LogP contribution in [0.2, 0.25) is 0 Å². The second kappa shape index (κ2) is 2.19. The van der Waals surface area contributed by atoms with Crippen LogP contribution < -0.4 is 0 Å². The monoisotopic (exact) mass is 145 g/mol. The summed E-state index contributed by atoms with van der Waals surface area (Å²) in [6, 6.07) is 6.41. The van der Waals surface area contributed by atoms with Gasteiger partial charge < -0.3 is 0 Å². The van der Waals surface area contributed by atoms with Crippen molar-refractivity contribution in [2.24, 2.45) is 4.99 Å². The van der Waals surface area contributed by atoms with Crippen LogP contribution >= 0.6 is 0 Å². The predicted octanol–water partition coefficient (Wildman–Crippen LogP) is 2.81. The van der Waals surface area contributed by atoms with Gasteiger partial charge in [-0.2, -0.15) is 0 Å². The molecular weight excluding hydrogens is 134 g/mol. The van der Waals surface area contributed by atoms with Crippen molar-refractivity contribution in [3.63, 3.8) is 0 Å². The molecule has 0 saturated heterocycles. The lowest BCUT2D eigenvalue weighted by molar-refractivity contribution is 1.07. The molecule has 0 spiro atoms. The third kappa shape index (κ3) is 0.967. The fourth-order valence-corrected chi connectivity index (χ4v) is 1.43. The van der Waals surface area contributed by atoms with Crippen LogP contribution in [0.1, 0.15) is 24.0 Å². The third-order valence-corrected chi connectivity index (χ3v) is 2.11. The minimum Gasteiger partial charge on any atom is -0.260 e. The number of hydrogen-bond donors (Lipinski definition) is 0. The van der Waals surface area contributed by atoms with Gasteiger partial charge in [0.05, 0.1) is 5.69 Å². The Morgan fingerprint density at radius 3 is 3.00 bits per heavy atom. The zero-order valence-corrected chi connectivity index (χ0v) is 6.83. The number of nitrogens with zero attached hydrogens (tertiary/aromatic N) is 1. The van der Waals surface area contributed by atoms with Crippen molar-refractivity contribution < 1.29 is 0 Å². The van der Waals surface area contributed by atoms with Gasteiger partial charge in [0.25, 0.3) is 0 Å². The molecule has 0 radical (unpaired) electrons. The highest BCUT2D eigenvalue weighted by molar-refractivity contribution is 5.80. The molecule has 56 valence electrons. The average molecular weight is 145 g/mol. The highest BCUT2D eigenvalue weighted by Crippen LogP contribution is 2.31. The third-order valence-electron chi connectivity index (χ3n) is 2.11. The highest BCUT2D eigenvalue weighted by Gasteiger charge is 2.13. The molecule has 1 unspecified atom stereocenters. The molecule has 1 heteroatoms. The van der Waals surface area contributed by atoms with E-state index in [-0.39, 0.29) is 0 Å². The van der Waals surface area contributed by atoms with Gasteiger partial charge in [-0.05, 0) is 18.6 Å². The molecule has 1 heterocycles. The van der Waals surface area contributed by atoms with Crippen molar-refractivity contribution in [1.29, 1.82) is 0 Å². The summed E-state index contributed by atoms with van der Waals surface area (Å²) in [6.45, 7) is 4.29. The Morgan fingerprint density at radius 1 is 1.36 bits per heavy atom. The summed E-state index contributed by atoms with van der Waals surface area (Å²) in [5.74, 6) is 0.505. The molecule has 0 saturated carbocycles. The van der Waals surface area contributed by atoms with Gasteiger partial charge in [-0.25, -0.2) is 0 Å². The van der Waals surface area contributed by atoms with Gasteiger partial charge in [-0.3, -0.25) is 4.99 Å². The molecule has 1 aromatic rings. The summed E-state index contributed by atoms with van der Waals surface area (Å²) in [4.78, 5) is 4.30. The van der Waals surface area contributed by atoms with Crippen molar-refractivity contribution in [1.82, 2.24) is 0 Å². The van der Waals surface area contributed by atoms with E-state index in [4.69, 9.17) is 0 Å². The predicted molar refractivity (Wildman–Crippen MR) is 47.7 cm³/mol. The van der Waals surface area contributed by atoms with Crippen molar-refractivity contribution >= 4 is 11.9 Å². The van der Waals surface area contributed by atoms with Crippen LogP contribution in [0.4, 0.5) is 5.69 Å². The number of aryl methyl sites for hydroxylation is 1. The molecule has 0 aromatic heterocycles. The first kappa shape index (κ1) is 6.59. The van der Waals surface area contributed by atoms with Crippen LogP contribution in [0.5, 0.6) is 0 Å². The molecule has 0 aliphatic carbocycles. The second-order valence-corrected chi connectivity index (χ2v) is 3.13. The minimum atomic E-state index is 0.505. The molecule has 1 aliphatic rings. The number of hydrogen-bond acceptors (Lipinski definition) is 1. The molecule has 2 rings (SSSR count). The van der Waals surface area contributed by atoms with Crippen LogP contribution in [0.3, 0.4) is 0 Å². The summed E-state index contributed by atoms with van der Waals surface area (Å²) >= 11 is 0. The van der Waals surface area contributed by atoms with Crippen molar-refractivity contribution in [2.45, 2.75) is 19.8 Å². The molecule has 0 fully saturated rings. The molecule has 0 bridgehead atoms. The van der Waals surface area contributed by atoms with Gasteiger partial charge in [0, 0.05) is 12.1 Å². The normalized spacial score (nSPS) is 20.4. The van der Waals surface area contributed by atoms with Gasteiger partial charge >= 0.3 is 0 Å². The van der Waals surface area contributed by atoms with E-state index in [1.54, 1.807) is 0 Å². The number of aliphatic imine (C=N–C) groups is 1. The number of fused-ring (bicyclic) bond motifs is 1. The van der Waals surface area contributed by atoms with Gasteiger partial charge in [0.1, 0.15) is 0 Å². The van der Waals surface area contributed by atoms with Crippen LogP contribution in [-0.2, 0) is 0 Å². The lowest BCUT2D eigenvalue weighted by Crippen LogP contribution is -1.88. The molecule has 1 aromatic carbocycles. The number of benzene rings is 1. The maximum absolute atomic E-state index is 4.30. The lowest BCUT2D eigenvalue weighted by Gasteiger charge is -2.02. The van der Waals surface area contributed by atoms with E-state index in [9.17, 15) is 0 Å². The number of rotatable bonds is 0. The van der Waals surface area contributed by atoms with E-state index in [2.05, 4.69) is 37.0 Å². The standard InChI is InChI=1S/C10H11N/c1-7-3-4-10-9(5-7)8(2)6-11-10/h3-6,8H,1-2H3. The van der Waals surface area contributed by atoms with Crippen molar-refractivity contribution in [3.8, 4) is 0 Å². The summed E-state index contributed by atoms with van der Waals surface area (Å²) < 4.78 is 0.